The third kappa shape index (κ3) is 7.22. The molecule has 5 heteroatoms. The Balaban J connectivity index is 2.44. The summed E-state index contributed by atoms with van der Waals surface area (Å²) < 4.78 is 6.67. The van der Waals surface area contributed by atoms with E-state index in [1.807, 2.05) is 18.2 Å². The minimum absolute atomic E-state index is 0.678. The number of hydrogen-bond acceptors (Lipinski definition) is 2. The normalized spacial score (nSPS) is 15.5. The van der Waals surface area contributed by atoms with Crippen molar-refractivity contribution in [3.63, 3.8) is 0 Å². The molecule has 1 aromatic carbocycles. The van der Waals surface area contributed by atoms with Crippen molar-refractivity contribution in [1.82, 2.24) is 0 Å². The molecule has 0 N–H and O–H groups in total. The summed E-state index contributed by atoms with van der Waals surface area (Å²) in [5.74, 6) is 0. The molecule has 0 aliphatic rings. The predicted octanol–water partition coefficient (Wildman–Crippen LogP) is 3.15. The first-order chi connectivity index (χ1) is 7.79. The van der Waals surface area contributed by atoms with E-state index in [-0.39, 0.29) is 0 Å². The molecule has 1 atom stereocenters. The molecule has 1 rings (SSSR count). The van der Waals surface area contributed by atoms with Crippen LogP contribution in [0.15, 0.2) is 30.3 Å². The van der Waals surface area contributed by atoms with Crippen LogP contribution in [0, 0.1) is 0 Å². The number of rotatable bonds is 6. The molecular formula is C12H21NOPS2+. The third-order valence-electron chi connectivity index (χ3n) is 2.28. The zero-order valence-corrected chi connectivity index (χ0v) is 13.3. The van der Waals surface area contributed by atoms with Crippen LogP contribution in [-0.4, -0.2) is 38.8 Å². The molecule has 0 fully saturated rings. The first kappa shape index (κ1) is 15.2. The van der Waals surface area contributed by atoms with Crippen LogP contribution in [0.3, 0.4) is 0 Å². The smallest absolute Gasteiger partial charge is 0.121 e. The van der Waals surface area contributed by atoms with E-state index in [1.54, 1.807) is 0 Å². The summed E-state index contributed by atoms with van der Waals surface area (Å²) in [6.45, 7) is 1.63. The van der Waals surface area contributed by atoms with E-state index in [9.17, 15) is 0 Å². The highest BCUT2D eigenvalue weighted by atomic mass is 32.9. The summed E-state index contributed by atoms with van der Waals surface area (Å²) in [7, 11) is 6.42. The van der Waals surface area contributed by atoms with Crippen molar-refractivity contribution in [1.29, 1.82) is 0 Å². The predicted molar refractivity (Wildman–Crippen MR) is 82.3 cm³/mol. The lowest BCUT2D eigenvalue weighted by Gasteiger charge is -2.25. The summed E-state index contributed by atoms with van der Waals surface area (Å²) in [5, 5.41) is 0. The molecule has 0 saturated heterocycles. The van der Waals surface area contributed by atoms with Gasteiger partial charge in [0.05, 0.1) is 21.1 Å². The first-order valence-electron chi connectivity index (χ1n) is 5.59. The van der Waals surface area contributed by atoms with Crippen molar-refractivity contribution in [3.8, 4) is 0 Å². The van der Waals surface area contributed by atoms with E-state index < -0.39 is 5.47 Å². The Bertz CT molecular complexity index is 389. The fourth-order valence-corrected chi connectivity index (χ4v) is 3.85. The molecule has 0 bridgehead atoms. The molecule has 2 nitrogen and oxygen atoms in total. The largest absolute Gasteiger partial charge is 0.335 e. The summed E-state index contributed by atoms with van der Waals surface area (Å²) in [6.07, 6.45) is 0.753. The molecule has 0 saturated carbocycles. The second kappa shape index (κ2) is 6.35. The second-order valence-electron chi connectivity index (χ2n) is 5.13. The van der Waals surface area contributed by atoms with E-state index in [1.165, 1.54) is 5.56 Å². The molecule has 0 aliphatic carbocycles. The van der Waals surface area contributed by atoms with E-state index in [2.05, 4.69) is 45.5 Å². The van der Waals surface area contributed by atoms with Crippen molar-refractivity contribution in [2.24, 2.45) is 0 Å². The van der Waals surface area contributed by atoms with Crippen molar-refractivity contribution < 1.29 is 9.01 Å². The van der Waals surface area contributed by atoms with Gasteiger partial charge in [0.25, 0.3) is 0 Å². The SMILES string of the molecule is C[N+](C)(C)CCOP(=S)(S)Cc1ccccc1. The minimum atomic E-state index is -1.98. The lowest BCUT2D eigenvalue weighted by molar-refractivity contribution is -0.870. The summed E-state index contributed by atoms with van der Waals surface area (Å²) in [6, 6.07) is 10.2. The van der Waals surface area contributed by atoms with Crippen LogP contribution in [0.25, 0.3) is 0 Å². The maximum Gasteiger partial charge on any atom is 0.121 e. The highest BCUT2D eigenvalue weighted by molar-refractivity contribution is 8.61. The van der Waals surface area contributed by atoms with Gasteiger partial charge in [-0.2, -0.15) is 0 Å². The summed E-state index contributed by atoms with van der Waals surface area (Å²) in [5.41, 5.74) is -0.778. The van der Waals surface area contributed by atoms with Gasteiger partial charge in [-0.25, -0.2) is 0 Å². The fraction of sp³-hybridized carbons (Fsp3) is 0.500. The Morgan fingerprint density at radius 2 is 1.82 bits per heavy atom. The molecule has 0 heterocycles. The highest BCUT2D eigenvalue weighted by Crippen LogP contribution is 2.55. The van der Waals surface area contributed by atoms with Crippen LogP contribution in [-0.2, 0) is 22.5 Å². The molecule has 0 spiro atoms. The zero-order valence-electron chi connectivity index (χ0n) is 10.7. The number of hydrogen-bond donors (Lipinski definition) is 1. The monoisotopic (exact) mass is 290 g/mol. The molecule has 1 aromatic rings. The van der Waals surface area contributed by atoms with E-state index >= 15 is 0 Å². The molecule has 1 unspecified atom stereocenters. The first-order valence-corrected chi connectivity index (χ1v) is 9.65. The molecule has 17 heavy (non-hydrogen) atoms. The molecule has 0 radical (unpaired) electrons. The van der Waals surface area contributed by atoms with Crippen molar-refractivity contribution in [2.75, 3.05) is 34.3 Å². The molecule has 0 aliphatic heterocycles. The van der Waals surface area contributed by atoms with E-state index in [0.29, 0.717) is 6.61 Å². The van der Waals surface area contributed by atoms with Crippen molar-refractivity contribution >= 4 is 29.5 Å². The van der Waals surface area contributed by atoms with Gasteiger partial charge in [0, 0.05) is 6.16 Å². The number of likely N-dealkylation sites (N-methyl/N-ethyl adjacent to an activating group) is 1. The lowest BCUT2D eigenvalue weighted by Crippen LogP contribution is -2.37. The van der Waals surface area contributed by atoms with Crippen molar-refractivity contribution in [3.05, 3.63) is 35.9 Å². The van der Waals surface area contributed by atoms with Crippen LogP contribution in [0.4, 0.5) is 0 Å². The van der Waals surface area contributed by atoms with Gasteiger partial charge in [0.15, 0.2) is 0 Å². The number of nitrogens with zero attached hydrogens (tertiary/aromatic N) is 1. The average molecular weight is 290 g/mol. The van der Waals surface area contributed by atoms with E-state index in [0.717, 1.165) is 17.2 Å². The number of benzene rings is 1. The standard InChI is InChI=1S/C12H20NOPS2/c1-13(2,3)9-10-14-15(16,17)11-12-7-5-4-6-8-12/h4-8H,9-11H2,1-3H3/p+1. The van der Waals surface area contributed by atoms with Gasteiger partial charge < -0.3 is 9.01 Å². The molecule has 0 aromatic heterocycles. The zero-order chi connectivity index (χ0) is 12.9. The van der Waals surface area contributed by atoms with Crippen LogP contribution < -0.4 is 0 Å². The third-order valence-corrected chi connectivity index (χ3v) is 5.11. The Hall–Kier alpha value is 0.140. The maximum absolute atomic E-state index is 5.78. The Kier molecular flexibility index (Phi) is 5.68. The number of thiol groups is 1. The van der Waals surface area contributed by atoms with Crippen LogP contribution in [0.1, 0.15) is 5.56 Å². The molecule has 96 valence electrons. The lowest BCUT2D eigenvalue weighted by atomic mass is 10.2. The van der Waals surface area contributed by atoms with Gasteiger partial charge in [-0.3, -0.25) is 0 Å². The minimum Gasteiger partial charge on any atom is -0.335 e. The van der Waals surface area contributed by atoms with Gasteiger partial charge in [0.1, 0.15) is 18.6 Å². The quantitative estimate of drug-likeness (QED) is 0.489. The van der Waals surface area contributed by atoms with Gasteiger partial charge in [0.2, 0.25) is 0 Å². The van der Waals surface area contributed by atoms with Gasteiger partial charge in [-0.05, 0) is 5.56 Å². The fourth-order valence-electron chi connectivity index (χ4n) is 1.32. The van der Waals surface area contributed by atoms with E-state index in [4.69, 9.17) is 16.3 Å². The molecule has 0 amide bonds. The molecular weight excluding hydrogens is 269 g/mol. The van der Waals surface area contributed by atoms with Crippen LogP contribution in [0.2, 0.25) is 0 Å². The summed E-state index contributed by atoms with van der Waals surface area (Å²) >= 11 is 9.98. The average Bonchev–Trinajstić information content (AvgIpc) is 2.15. The number of quaternary nitrogens is 1. The topological polar surface area (TPSA) is 9.23 Å². The second-order valence-corrected chi connectivity index (χ2v) is 11.5. The Labute approximate surface area is 115 Å². The van der Waals surface area contributed by atoms with Gasteiger partial charge in [-0.15, -0.1) is 12.2 Å². The Morgan fingerprint density at radius 3 is 2.35 bits per heavy atom. The highest BCUT2D eigenvalue weighted by Gasteiger charge is 2.15. The van der Waals surface area contributed by atoms with Crippen molar-refractivity contribution in [2.45, 2.75) is 6.16 Å². The van der Waals surface area contributed by atoms with Crippen LogP contribution in [0.5, 0.6) is 0 Å². The van der Waals surface area contributed by atoms with Gasteiger partial charge in [-0.1, -0.05) is 42.1 Å². The van der Waals surface area contributed by atoms with Gasteiger partial charge >= 0.3 is 0 Å². The maximum atomic E-state index is 5.78. The Morgan fingerprint density at radius 1 is 1.24 bits per heavy atom. The van der Waals surface area contributed by atoms with Crippen LogP contribution >= 0.6 is 17.7 Å². The summed E-state index contributed by atoms with van der Waals surface area (Å²) in [4.78, 5) is 0.